The average molecular weight is 432 g/mol. The smallest absolute Gasteiger partial charge is 0.0625 e. The van der Waals surface area contributed by atoms with Crippen molar-refractivity contribution in [1.82, 2.24) is 15.1 Å². The van der Waals surface area contributed by atoms with E-state index in [-0.39, 0.29) is 0 Å². The molecule has 1 aromatic heterocycles. The summed E-state index contributed by atoms with van der Waals surface area (Å²) in [4.78, 5) is 0. The van der Waals surface area contributed by atoms with Gasteiger partial charge in [0.15, 0.2) is 0 Å². The Morgan fingerprint density at radius 1 is 1.16 bits per heavy atom. The summed E-state index contributed by atoms with van der Waals surface area (Å²) < 4.78 is 7.39. The van der Waals surface area contributed by atoms with E-state index in [1.807, 2.05) is 32.0 Å². The molecular weight excluding hydrogens is 386 g/mol. The van der Waals surface area contributed by atoms with Crippen molar-refractivity contribution in [2.24, 2.45) is 30.7 Å². The van der Waals surface area contributed by atoms with Crippen molar-refractivity contribution in [3.8, 4) is 0 Å². The van der Waals surface area contributed by atoms with Crippen molar-refractivity contribution in [3.63, 3.8) is 0 Å². The van der Waals surface area contributed by atoms with Crippen LogP contribution in [0.1, 0.15) is 90.0 Å². The molecule has 3 aliphatic rings. The highest BCUT2D eigenvalue weighted by Crippen LogP contribution is 2.47. The Labute approximate surface area is 189 Å². The van der Waals surface area contributed by atoms with E-state index in [0.717, 1.165) is 30.6 Å². The van der Waals surface area contributed by atoms with Gasteiger partial charge in [-0.25, -0.2) is 0 Å². The lowest BCUT2D eigenvalue weighted by Crippen LogP contribution is -2.44. The molecule has 0 spiro atoms. The lowest BCUT2D eigenvalue weighted by molar-refractivity contribution is -0.0806. The fraction of sp³-hybridized carbons (Fsp3) is 0.885. The Balaban J connectivity index is 1.20. The van der Waals surface area contributed by atoms with Gasteiger partial charge in [-0.15, -0.1) is 0 Å². The Kier molecular flexibility index (Phi) is 7.15. The van der Waals surface area contributed by atoms with Crippen LogP contribution in [0.25, 0.3) is 0 Å². The summed E-state index contributed by atoms with van der Waals surface area (Å²) in [6.07, 6.45) is 15.6. The van der Waals surface area contributed by atoms with Crippen molar-refractivity contribution in [2.45, 2.75) is 108 Å². The maximum Gasteiger partial charge on any atom is 0.0625 e. The molecular formula is C26H45N3O2. The van der Waals surface area contributed by atoms with E-state index in [1.165, 1.54) is 50.5 Å². The summed E-state index contributed by atoms with van der Waals surface area (Å²) in [5, 5.41) is 18.5. The number of methoxy groups -OCH3 is 1. The van der Waals surface area contributed by atoms with Gasteiger partial charge in [0.2, 0.25) is 0 Å². The lowest BCUT2D eigenvalue weighted by Gasteiger charge is -2.46. The molecule has 5 heteroatoms. The number of nitrogens with one attached hydrogen (secondary N) is 1. The van der Waals surface area contributed by atoms with E-state index in [1.54, 1.807) is 0 Å². The number of aliphatic hydroxyl groups is 1. The van der Waals surface area contributed by atoms with Crippen LogP contribution in [0.5, 0.6) is 0 Å². The van der Waals surface area contributed by atoms with Crippen molar-refractivity contribution in [3.05, 3.63) is 18.0 Å². The molecule has 4 rings (SSSR count). The minimum atomic E-state index is -0.414. The van der Waals surface area contributed by atoms with Crippen LogP contribution in [0.4, 0.5) is 0 Å². The topological polar surface area (TPSA) is 59.3 Å². The number of ether oxygens (including phenoxy) is 1. The Morgan fingerprint density at radius 2 is 1.87 bits per heavy atom. The zero-order valence-electron chi connectivity index (χ0n) is 20.4. The molecule has 5 nitrogen and oxygen atoms in total. The minimum Gasteiger partial charge on any atom is -0.390 e. The Bertz CT molecular complexity index is 703. The third kappa shape index (κ3) is 5.91. The molecule has 0 amide bonds. The molecule has 0 saturated heterocycles. The maximum atomic E-state index is 10.3. The van der Waals surface area contributed by atoms with Crippen LogP contribution in [0, 0.1) is 23.7 Å². The van der Waals surface area contributed by atoms with E-state index in [9.17, 15) is 5.11 Å². The van der Waals surface area contributed by atoms with Gasteiger partial charge in [0.25, 0.3) is 0 Å². The number of hydrogen-bond acceptors (Lipinski definition) is 4. The van der Waals surface area contributed by atoms with Crippen molar-refractivity contribution in [2.75, 3.05) is 7.11 Å². The number of nitrogens with zero attached hydrogens (tertiary/aromatic N) is 2. The minimum absolute atomic E-state index is 0.414. The first-order chi connectivity index (χ1) is 14.7. The van der Waals surface area contributed by atoms with Gasteiger partial charge in [-0.2, -0.15) is 5.10 Å². The van der Waals surface area contributed by atoms with Crippen molar-refractivity contribution < 1.29 is 9.84 Å². The highest BCUT2D eigenvalue weighted by atomic mass is 16.5. The molecule has 176 valence electrons. The fourth-order valence-electron chi connectivity index (χ4n) is 6.29. The Morgan fingerprint density at radius 3 is 2.48 bits per heavy atom. The summed E-state index contributed by atoms with van der Waals surface area (Å²) >= 11 is 0. The number of aromatic nitrogens is 2. The molecule has 0 aliphatic heterocycles. The van der Waals surface area contributed by atoms with Crippen molar-refractivity contribution >= 4 is 0 Å². The van der Waals surface area contributed by atoms with Crippen LogP contribution in [0.2, 0.25) is 0 Å². The van der Waals surface area contributed by atoms with Gasteiger partial charge < -0.3 is 15.2 Å². The van der Waals surface area contributed by atoms with Crippen molar-refractivity contribution in [1.29, 1.82) is 0 Å². The zero-order valence-corrected chi connectivity index (χ0v) is 20.4. The second kappa shape index (κ2) is 9.52. The van der Waals surface area contributed by atoms with Gasteiger partial charge >= 0.3 is 0 Å². The summed E-state index contributed by atoms with van der Waals surface area (Å²) in [6, 6.07) is 1.18. The summed E-state index contributed by atoms with van der Waals surface area (Å²) in [5.74, 6) is 3.78. The monoisotopic (exact) mass is 431 g/mol. The first kappa shape index (κ1) is 23.3. The second-order valence-corrected chi connectivity index (χ2v) is 11.6. The predicted octanol–water partition coefficient (Wildman–Crippen LogP) is 4.65. The molecule has 3 fully saturated rings. The SMILES string of the molecule is COC1CC(C(C)CCC(CCC(C)NC2CC2c2cnn(C)c2)C2CC(C)(O)C2)C1. The lowest BCUT2D eigenvalue weighted by atomic mass is 9.63. The van der Waals surface area contributed by atoms with Gasteiger partial charge in [-0.1, -0.05) is 13.3 Å². The van der Waals surface area contributed by atoms with Crippen LogP contribution in [-0.2, 0) is 11.8 Å². The van der Waals surface area contributed by atoms with E-state index in [2.05, 4.69) is 30.5 Å². The summed E-state index contributed by atoms with van der Waals surface area (Å²) in [6.45, 7) is 6.81. The maximum absolute atomic E-state index is 10.3. The van der Waals surface area contributed by atoms with E-state index < -0.39 is 5.60 Å². The number of aryl methyl sites for hydroxylation is 1. The van der Waals surface area contributed by atoms with E-state index >= 15 is 0 Å². The quantitative estimate of drug-likeness (QED) is 0.506. The third-order valence-corrected chi connectivity index (χ3v) is 8.75. The number of hydrogen-bond donors (Lipinski definition) is 2. The standard InChI is InChI=1S/C26H45N3O2/c1-17(20-10-23(11-20)31-5)6-8-19(21-13-26(3,30)14-21)9-7-18(2)28-25-12-24(25)22-15-27-29(4)16-22/h15-21,23-25,28,30H,6-14H2,1-5H3. The largest absolute Gasteiger partial charge is 0.390 e. The molecule has 0 radical (unpaired) electrons. The first-order valence-corrected chi connectivity index (χ1v) is 12.7. The van der Waals surface area contributed by atoms with Gasteiger partial charge in [0.05, 0.1) is 17.9 Å². The normalized spacial score (nSPS) is 37.5. The number of rotatable bonds is 12. The van der Waals surface area contributed by atoms with E-state index in [4.69, 9.17) is 4.74 Å². The Hall–Kier alpha value is -0.910. The van der Waals surface area contributed by atoms with Gasteiger partial charge in [-0.05, 0) is 94.4 Å². The molecule has 1 heterocycles. The first-order valence-electron chi connectivity index (χ1n) is 12.7. The molecule has 0 aromatic carbocycles. The van der Waals surface area contributed by atoms with Crippen LogP contribution in [0.3, 0.4) is 0 Å². The molecule has 1 aromatic rings. The molecule has 5 unspecified atom stereocenters. The molecule has 3 aliphatic carbocycles. The fourth-order valence-corrected chi connectivity index (χ4v) is 6.29. The highest BCUT2D eigenvalue weighted by molar-refractivity contribution is 5.23. The van der Waals surface area contributed by atoms with E-state index in [0.29, 0.717) is 30.0 Å². The molecule has 0 bridgehead atoms. The van der Waals surface area contributed by atoms with Crippen LogP contribution in [0.15, 0.2) is 12.4 Å². The van der Waals surface area contributed by atoms with Crippen LogP contribution >= 0.6 is 0 Å². The summed E-state index contributed by atoms with van der Waals surface area (Å²) in [7, 11) is 3.84. The predicted molar refractivity (Wildman–Crippen MR) is 125 cm³/mol. The van der Waals surface area contributed by atoms with Gasteiger partial charge in [0.1, 0.15) is 0 Å². The molecule has 31 heavy (non-hydrogen) atoms. The summed E-state index contributed by atoms with van der Waals surface area (Å²) in [5.41, 5.74) is 0.964. The van der Waals surface area contributed by atoms with Crippen LogP contribution < -0.4 is 5.32 Å². The second-order valence-electron chi connectivity index (χ2n) is 11.6. The molecule has 2 N–H and O–H groups in total. The van der Waals surface area contributed by atoms with Gasteiger partial charge in [0, 0.05) is 38.4 Å². The highest BCUT2D eigenvalue weighted by Gasteiger charge is 2.43. The third-order valence-electron chi connectivity index (χ3n) is 8.75. The molecule has 5 atom stereocenters. The average Bonchev–Trinajstić information content (AvgIpc) is 3.27. The van der Waals surface area contributed by atoms with Crippen LogP contribution in [-0.4, -0.2) is 45.8 Å². The molecule has 3 saturated carbocycles. The zero-order chi connectivity index (χ0) is 22.2. The van der Waals surface area contributed by atoms with Gasteiger partial charge in [-0.3, -0.25) is 4.68 Å².